The lowest BCUT2D eigenvalue weighted by Crippen LogP contribution is -2.30. The lowest BCUT2D eigenvalue weighted by molar-refractivity contribution is -0.161. The van der Waals surface area contributed by atoms with Gasteiger partial charge in [-0.2, -0.15) is 0 Å². The van der Waals surface area contributed by atoms with Crippen LogP contribution in [0.4, 0.5) is 0 Å². The minimum absolute atomic E-state index is 0.0650. The van der Waals surface area contributed by atoms with Crippen LogP contribution in [-0.4, -0.2) is 96.7 Å². The minimum Gasteiger partial charge on any atom is -0.462 e. The van der Waals surface area contributed by atoms with Gasteiger partial charge in [0, 0.05) is 19.3 Å². The van der Waals surface area contributed by atoms with Crippen molar-refractivity contribution in [1.82, 2.24) is 0 Å². The van der Waals surface area contributed by atoms with Crippen molar-refractivity contribution >= 4 is 39.5 Å². The van der Waals surface area contributed by atoms with Crippen LogP contribution in [0.25, 0.3) is 0 Å². The van der Waals surface area contributed by atoms with Crippen LogP contribution in [0, 0.1) is 0 Å². The predicted octanol–water partition coefficient (Wildman–Crippen LogP) is 22.0. The number of esters is 4. The number of phosphoric acid groups is 2. The number of aliphatic hydroxyl groups excluding tert-OH is 1. The van der Waals surface area contributed by atoms with Gasteiger partial charge in [0.25, 0.3) is 0 Å². The summed E-state index contributed by atoms with van der Waals surface area (Å²) in [4.78, 5) is 72.8. The Balaban J connectivity index is 5.49. The van der Waals surface area contributed by atoms with E-state index in [1.165, 1.54) is 0 Å². The molecule has 0 aromatic rings. The Bertz CT molecular complexity index is 2650. The lowest BCUT2D eigenvalue weighted by Gasteiger charge is -2.21. The van der Waals surface area contributed by atoms with E-state index in [0.717, 1.165) is 180 Å². The van der Waals surface area contributed by atoms with Gasteiger partial charge in [-0.1, -0.05) is 261 Å². The van der Waals surface area contributed by atoms with E-state index in [2.05, 4.69) is 186 Å². The Hall–Kier alpha value is -5.84. The number of allylic oxidation sites excluding steroid dienone is 29. The van der Waals surface area contributed by atoms with Crippen LogP contribution < -0.4 is 0 Å². The van der Waals surface area contributed by atoms with E-state index in [-0.39, 0.29) is 25.7 Å². The SMILES string of the molecule is CC/C=C\C/C=C\C/C=C\C/C=C\C/C=C\CCCCCC(=O)OCC(COP(=O)(O)OCC(O)COP(=O)(O)OCC(COC(=O)CCCCCCC/C=C\C/C=C\C/C=C\CC)OC(=O)CCCCCCC/C=C\C/C=C\CCC)OC(=O)C/C=C\C/C=C\C/C=C\C/C=C\C/C=C\CC. The average molecular weight is 1460 g/mol. The van der Waals surface area contributed by atoms with Crippen molar-refractivity contribution in [2.24, 2.45) is 0 Å². The van der Waals surface area contributed by atoms with Gasteiger partial charge in [-0.15, -0.1) is 0 Å². The molecule has 5 unspecified atom stereocenters. The predicted molar refractivity (Wildman–Crippen MR) is 417 cm³/mol. The summed E-state index contributed by atoms with van der Waals surface area (Å²) in [6.07, 6.45) is 87.8. The van der Waals surface area contributed by atoms with Gasteiger partial charge >= 0.3 is 39.5 Å². The van der Waals surface area contributed by atoms with Crippen LogP contribution in [-0.2, 0) is 65.4 Å². The van der Waals surface area contributed by atoms with E-state index >= 15 is 0 Å². The fourth-order valence-electron chi connectivity index (χ4n) is 9.20. The van der Waals surface area contributed by atoms with Crippen molar-refractivity contribution < 1.29 is 80.2 Å². The molecule has 0 aromatic carbocycles. The number of hydrogen-bond donors (Lipinski definition) is 3. The number of aliphatic hydroxyl groups is 1. The van der Waals surface area contributed by atoms with Crippen molar-refractivity contribution in [2.75, 3.05) is 39.6 Å². The molecular formula is C83H132O17P2. The maximum Gasteiger partial charge on any atom is 0.472 e. The fraction of sp³-hybridized carbons (Fsp3) is 0.590. The molecule has 0 heterocycles. The Labute approximate surface area is 615 Å². The van der Waals surface area contributed by atoms with Crippen LogP contribution in [0.2, 0.25) is 0 Å². The third-order valence-corrected chi connectivity index (χ3v) is 16.8. The molecule has 0 amide bonds. The molecule has 0 bridgehead atoms. The topological polar surface area (TPSA) is 237 Å². The molecule has 3 N–H and O–H groups in total. The molecule has 576 valence electrons. The van der Waals surface area contributed by atoms with E-state index in [1.807, 2.05) is 12.2 Å². The summed E-state index contributed by atoms with van der Waals surface area (Å²) in [5.41, 5.74) is 0. The van der Waals surface area contributed by atoms with Crippen molar-refractivity contribution in [3.8, 4) is 0 Å². The lowest BCUT2D eigenvalue weighted by atomic mass is 10.1. The second-order valence-corrected chi connectivity index (χ2v) is 27.4. The molecule has 102 heavy (non-hydrogen) atoms. The van der Waals surface area contributed by atoms with Crippen LogP contribution in [0.1, 0.15) is 259 Å². The van der Waals surface area contributed by atoms with Gasteiger partial charge < -0.3 is 33.8 Å². The summed E-state index contributed by atoms with van der Waals surface area (Å²) in [6, 6.07) is 0. The molecule has 19 heteroatoms. The molecular weight excluding hydrogens is 1330 g/mol. The molecule has 0 spiro atoms. The summed E-state index contributed by atoms with van der Waals surface area (Å²) in [7, 11) is -10.0. The van der Waals surface area contributed by atoms with Crippen molar-refractivity contribution in [1.29, 1.82) is 0 Å². The van der Waals surface area contributed by atoms with Crippen LogP contribution in [0.5, 0.6) is 0 Å². The monoisotopic (exact) mass is 1460 g/mol. The van der Waals surface area contributed by atoms with E-state index in [9.17, 15) is 43.2 Å². The van der Waals surface area contributed by atoms with Gasteiger partial charge in [-0.25, -0.2) is 9.13 Å². The number of hydrogen-bond acceptors (Lipinski definition) is 15. The summed E-state index contributed by atoms with van der Waals surface area (Å²) >= 11 is 0. The second-order valence-electron chi connectivity index (χ2n) is 24.5. The first kappa shape index (κ1) is 96.2. The smallest absolute Gasteiger partial charge is 0.462 e. The maximum atomic E-state index is 13.1. The van der Waals surface area contributed by atoms with Gasteiger partial charge in [-0.05, 0) is 154 Å². The number of ether oxygens (including phenoxy) is 4. The largest absolute Gasteiger partial charge is 0.472 e. The zero-order valence-corrected chi connectivity index (χ0v) is 64.5. The average Bonchev–Trinajstić information content (AvgIpc) is 0.924. The first-order chi connectivity index (χ1) is 49.7. The number of rotatable bonds is 69. The third-order valence-electron chi connectivity index (χ3n) is 14.9. The third kappa shape index (κ3) is 72.5. The summed E-state index contributed by atoms with van der Waals surface area (Å²) in [5, 5.41) is 10.6. The fourth-order valence-corrected chi connectivity index (χ4v) is 10.8. The van der Waals surface area contributed by atoms with Crippen LogP contribution >= 0.6 is 15.6 Å². The van der Waals surface area contributed by atoms with Gasteiger partial charge in [0.05, 0.1) is 32.8 Å². The molecule has 0 aliphatic rings. The molecule has 0 saturated heterocycles. The first-order valence-electron chi connectivity index (χ1n) is 38.0. The van der Waals surface area contributed by atoms with Crippen LogP contribution in [0.3, 0.4) is 0 Å². The van der Waals surface area contributed by atoms with E-state index in [4.69, 9.17) is 37.0 Å². The molecule has 0 rings (SSSR count). The van der Waals surface area contributed by atoms with Crippen LogP contribution in [0.15, 0.2) is 182 Å². The van der Waals surface area contributed by atoms with Gasteiger partial charge in [0.1, 0.15) is 19.3 Å². The maximum absolute atomic E-state index is 13.1. The Morgan fingerprint density at radius 1 is 0.294 bits per heavy atom. The standard InChI is InChI=1S/C83H132O17P2/c1-5-9-13-17-21-25-29-33-36-37-38-39-42-45-48-52-56-60-64-68-81(86)94-74-79(100-83(88)70-66-62-58-54-50-46-41-35-31-27-23-19-15-11-7-3)76-98-102(91,92)96-72-77(84)71-95-101(89,90)97-75-78(99-82(87)69-65-61-57-53-49-43-32-28-24-20-16-12-8-4)73-93-80(85)67-63-59-55-51-47-44-40-34-30-26-22-18-14-10-6-2/h9-11,13-16,20-23,25-28,32-36,38-41,45,48,50,54,62,66,77-79,84H,5-8,12,17-19,24,29-31,37,42-44,46-47,49,51-53,55-61,63-65,67-76H2,1-4H3,(H,89,90)(H,91,92)/b13-9-,14-10-,15-11-,20-16-,25-21-,26-22-,27-23-,32-28-,36-33-,39-38-,40-34-,41-35-,48-45-,54-50-,66-62-. The molecule has 17 nitrogen and oxygen atoms in total. The van der Waals surface area contributed by atoms with E-state index < -0.39 is 97.5 Å². The first-order valence-corrected chi connectivity index (χ1v) is 41.0. The zero-order valence-electron chi connectivity index (χ0n) is 62.7. The number of phosphoric ester groups is 2. The summed E-state index contributed by atoms with van der Waals surface area (Å²) < 4.78 is 68.3. The second kappa shape index (κ2) is 73.5. The highest BCUT2D eigenvalue weighted by molar-refractivity contribution is 7.47. The normalized spacial score (nSPS) is 14.9. The number of carbonyl (C=O) groups is 4. The minimum atomic E-state index is -5.02. The molecule has 5 atom stereocenters. The summed E-state index contributed by atoms with van der Waals surface area (Å²) in [6.45, 7) is 4.24. The van der Waals surface area contributed by atoms with Gasteiger partial charge in [0.2, 0.25) is 0 Å². The van der Waals surface area contributed by atoms with Crippen molar-refractivity contribution in [2.45, 2.75) is 277 Å². The number of unbranched alkanes of at least 4 members (excludes halogenated alkanes) is 14. The highest BCUT2D eigenvalue weighted by atomic mass is 31.2. The molecule has 0 aromatic heterocycles. The quantitative estimate of drug-likeness (QED) is 0.0169. The highest BCUT2D eigenvalue weighted by Crippen LogP contribution is 2.45. The van der Waals surface area contributed by atoms with Crippen molar-refractivity contribution in [3.63, 3.8) is 0 Å². The molecule has 0 radical (unpaired) electrons. The van der Waals surface area contributed by atoms with Gasteiger partial charge in [-0.3, -0.25) is 37.3 Å². The van der Waals surface area contributed by atoms with Gasteiger partial charge in [0.15, 0.2) is 12.2 Å². The van der Waals surface area contributed by atoms with Crippen molar-refractivity contribution in [3.05, 3.63) is 182 Å². The van der Waals surface area contributed by atoms with E-state index in [1.54, 1.807) is 12.2 Å². The Morgan fingerprint density at radius 3 is 0.882 bits per heavy atom. The highest BCUT2D eigenvalue weighted by Gasteiger charge is 2.30. The molecule has 0 saturated carbocycles. The molecule has 0 fully saturated rings. The number of carbonyl (C=O) groups excluding carboxylic acids is 4. The summed E-state index contributed by atoms with van der Waals surface area (Å²) in [5.74, 6) is -2.42. The zero-order chi connectivity index (χ0) is 74.6. The molecule has 0 aliphatic heterocycles. The van der Waals surface area contributed by atoms with E-state index in [0.29, 0.717) is 25.7 Å². The Kier molecular flexibility index (Phi) is 69.3. The molecule has 0 aliphatic carbocycles. The Morgan fingerprint density at radius 2 is 0.549 bits per heavy atom.